The smallest absolute Gasteiger partial charge is 0.324 e. The van der Waals surface area contributed by atoms with Crippen molar-refractivity contribution in [1.29, 1.82) is 0 Å². The molecule has 0 radical (unpaired) electrons. The third-order valence-electron chi connectivity index (χ3n) is 2.59. The standard InChI is InChI=1S/C12H17O4P/c1-12(2,11(13)9-17(14,15)16)8-10-6-4-3-5-7-10/h3-7H,8-9H2,1-2H3,(H2,14,15,16). The Morgan fingerprint density at radius 2 is 1.76 bits per heavy atom. The molecule has 0 bridgehead atoms. The van der Waals surface area contributed by atoms with E-state index in [1.807, 2.05) is 30.3 Å². The second-order valence-electron chi connectivity index (χ2n) is 4.79. The summed E-state index contributed by atoms with van der Waals surface area (Å²) in [7, 11) is -4.27. The molecule has 0 heterocycles. The van der Waals surface area contributed by atoms with Crippen molar-refractivity contribution < 1.29 is 19.1 Å². The molecule has 1 aromatic rings. The Kier molecular flexibility index (Phi) is 4.26. The Bertz CT molecular complexity index is 433. The van der Waals surface area contributed by atoms with Gasteiger partial charge in [-0.1, -0.05) is 44.2 Å². The highest BCUT2D eigenvalue weighted by Crippen LogP contribution is 2.37. The highest BCUT2D eigenvalue weighted by Gasteiger charge is 2.32. The van der Waals surface area contributed by atoms with Crippen molar-refractivity contribution in [3.8, 4) is 0 Å². The summed E-state index contributed by atoms with van der Waals surface area (Å²) in [6, 6.07) is 9.42. The Hall–Kier alpha value is -0.960. The molecule has 0 aromatic heterocycles. The maximum absolute atomic E-state index is 11.8. The molecule has 0 aliphatic carbocycles. The van der Waals surface area contributed by atoms with Crippen molar-refractivity contribution in [2.75, 3.05) is 6.16 Å². The summed E-state index contributed by atoms with van der Waals surface area (Å²) < 4.78 is 10.8. The van der Waals surface area contributed by atoms with E-state index >= 15 is 0 Å². The number of carbonyl (C=O) groups excluding carboxylic acids is 1. The van der Waals surface area contributed by atoms with Crippen LogP contribution in [0.25, 0.3) is 0 Å². The molecule has 0 saturated heterocycles. The van der Waals surface area contributed by atoms with E-state index in [9.17, 15) is 9.36 Å². The maximum atomic E-state index is 11.8. The van der Waals surface area contributed by atoms with E-state index in [0.717, 1.165) is 5.56 Å². The number of Topliss-reactive ketones (excluding diaryl/α,β-unsaturated/α-hetero) is 1. The minimum atomic E-state index is -4.27. The van der Waals surface area contributed by atoms with Crippen molar-refractivity contribution in [2.45, 2.75) is 20.3 Å². The SMILES string of the molecule is CC(C)(Cc1ccccc1)C(=O)CP(=O)(O)O. The van der Waals surface area contributed by atoms with Crippen LogP contribution in [0.3, 0.4) is 0 Å². The van der Waals surface area contributed by atoms with Gasteiger partial charge in [-0.2, -0.15) is 0 Å². The number of ketones is 1. The molecule has 0 aliphatic heterocycles. The first-order chi connectivity index (χ1) is 7.71. The fraction of sp³-hybridized carbons (Fsp3) is 0.417. The van der Waals surface area contributed by atoms with E-state index in [1.165, 1.54) is 0 Å². The van der Waals surface area contributed by atoms with Gasteiger partial charge in [-0.15, -0.1) is 0 Å². The molecule has 0 saturated carbocycles. The van der Waals surface area contributed by atoms with Crippen molar-refractivity contribution in [2.24, 2.45) is 5.41 Å². The van der Waals surface area contributed by atoms with Crippen LogP contribution in [0.4, 0.5) is 0 Å². The normalized spacial score (nSPS) is 12.5. The van der Waals surface area contributed by atoms with E-state index in [4.69, 9.17) is 9.79 Å². The third-order valence-corrected chi connectivity index (χ3v) is 3.29. The number of rotatable bonds is 5. The fourth-order valence-electron chi connectivity index (χ4n) is 1.61. The van der Waals surface area contributed by atoms with Crippen LogP contribution in [0.15, 0.2) is 30.3 Å². The Labute approximate surface area is 101 Å². The molecule has 0 aliphatic rings. The van der Waals surface area contributed by atoms with Gasteiger partial charge in [0.25, 0.3) is 0 Å². The molecule has 0 amide bonds. The number of benzene rings is 1. The van der Waals surface area contributed by atoms with Gasteiger partial charge in [0.2, 0.25) is 0 Å². The molecule has 4 nitrogen and oxygen atoms in total. The zero-order chi connectivity index (χ0) is 13.1. The Morgan fingerprint density at radius 1 is 1.24 bits per heavy atom. The minimum absolute atomic E-state index is 0.408. The van der Waals surface area contributed by atoms with Crippen molar-refractivity contribution >= 4 is 13.4 Å². The summed E-state index contributed by atoms with van der Waals surface area (Å²) in [5.74, 6) is -0.408. The van der Waals surface area contributed by atoms with Gasteiger partial charge in [0, 0.05) is 5.41 Å². The van der Waals surface area contributed by atoms with Crippen LogP contribution in [-0.2, 0) is 15.8 Å². The third kappa shape index (κ3) is 4.82. The van der Waals surface area contributed by atoms with Crippen molar-refractivity contribution in [1.82, 2.24) is 0 Å². The van der Waals surface area contributed by atoms with Crippen molar-refractivity contribution in [3.63, 3.8) is 0 Å². The molecule has 1 rings (SSSR count). The van der Waals surface area contributed by atoms with E-state index in [0.29, 0.717) is 6.42 Å². The van der Waals surface area contributed by atoms with Crippen LogP contribution in [0.2, 0.25) is 0 Å². The predicted molar refractivity (Wildman–Crippen MR) is 65.8 cm³/mol. The first-order valence-electron chi connectivity index (χ1n) is 5.32. The quantitative estimate of drug-likeness (QED) is 0.790. The lowest BCUT2D eigenvalue weighted by molar-refractivity contribution is -0.124. The lowest BCUT2D eigenvalue weighted by atomic mass is 9.82. The van der Waals surface area contributed by atoms with Gasteiger partial charge in [0.1, 0.15) is 6.16 Å². The topological polar surface area (TPSA) is 74.6 Å². The first kappa shape index (κ1) is 14.1. The number of carbonyl (C=O) groups is 1. The molecule has 0 atom stereocenters. The minimum Gasteiger partial charge on any atom is -0.324 e. The van der Waals surface area contributed by atoms with Crippen LogP contribution in [0.1, 0.15) is 19.4 Å². The van der Waals surface area contributed by atoms with Crippen LogP contribution in [0.5, 0.6) is 0 Å². The summed E-state index contributed by atoms with van der Waals surface area (Å²) in [4.78, 5) is 29.4. The maximum Gasteiger partial charge on any atom is 0.332 e. The van der Waals surface area contributed by atoms with Gasteiger partial charge in [0.05, 0.1) is 0 Å². The summed E-state index contributed by atoms with van der Waals surface area (Å²) in [5.41, 5.74) is 0.221. The summed E-state index contributed by atoms with van der Waals surface area (Å²) >= 11 is 0. The summed E-state index contributed by atoms with van der Waals surface area (Å²) in [6.45, 7) is 3.41. The largest absolute Gasteiger partial charge is 0.332 e. The molecule has 0 spiro atoms. The molecule has 1 aromatic carbocycles. The zero-order valence-electron chi connectivity index (χ0n) is 9.96. The summed E-state index contributed by atoms with van der Waals surface area (Å²) in [5, 5.41) is 0. The highest BCUT2D eigenvalue weighted by molar-refractivity contribution is 7.52. The Balaban J connectivity index is 2.75. The molecular formula is C12H17O4P. The lowest BCUT2D eigenvalue weighted by Crippen LogP contribution is -2.29. The van der Waals surface area contributed by atoms with Crippen LogP contribution in [-0.4, -0.2) is 21.7 Å². The second-order valence-corrected chi connectivity index (χ2v) is 6.44. The zero-order valence-corrected chi connectivity index (χ0v) is 10.9. The molecule has 5 heteroatoms. The molecule has 0 unspecified atom stereocenters. The molecular weight excluding hydrogens is 239 g/mol. The summed E-state index contributed by atoms with van der Waals surface area (Å²) in [6.07, 6.45) is -0.209. The highest BCUT2D eigenvalue weighted by atomic mass is 31.2. The first-order valence-corrected chi connectivity index (χ1v) is 7.12. The Morgan fingerprint density at radius 3 is 2.24 bits per heavy atom. The number of hydrogen-bond acceptors (Lipinski definition) is 2. The van der Waals surface area contributed by atoms with E-state index in [2.05, 4.69) is 0 Å². The van der Waals surface area contributed by atoms with E-state index in [1.54, 1.807) is 13.8 Å². The molecule has 94 valence electrons. The fourth-order valence-corrected chi connectivity index (χ4v) is 2.41. The van der Waals surface area contributed by atoms with Gasteiger partial charge < -0.3 is 9.79 Å². The second kappa shape index (κ2) is 5.13. The van der Waals surface area contributed by atoms with Crippen LogP contribution < -0.4 is 0 Å². The average molecular weight is 256 g/mol. The predicted octanol–water partition coefficient (Wildman–Crippen LogP) is 2.00. The van der Waals surface area contributed by atoms with Gasteiger partial charge in [-0.3, -0.25) is 9.36 Å². The van der Waals surface area contributed by atoms with E-state index in [-0.39, 0.29) is 0 Å². The van der Waals surface area contributed by atoms with Crippen LogP contribution >= 0.6 is 7.60 Å². The van der Waals surface area contributed by atoms with Gasteiger partial charge in [-0.05, 0) is 12.0 Å². The molecule has 17 heavy (non-hydrogen) atoms. The average Bonchev–Trinajstić information content (AvgIpc) is 2.15. The molecule has 0 fully saturated rings. The lowest BCUT2D eigenvalue weighted by Gasteiger charge is -2.23. The molecule has 2 N–H and O–H groups in total. The number of hydrogen-bond donors (Lipinski definition) is 2. The monoisotopic (exact) mass is 256 g/mol. The van der Waals surface area contributed by atoms with Gasteiger partial charge in [0.15, 0.2) is 5.78 Å². The van der Waals surface area contributed by atoms with Crippen molar-refractivity contribution in [3.05, 3.63) is 35.9 Å². The van der Waals surface area contributed by atoms with Gasteiger partial charge >= 0.3 is 7.60 Å². The van der Waals surface area contributed by atoms with E-state index < -0.39 is 25.0 Å². The van der Waals surface area contributed by atoms with Crippen LogP contribution in [0, 0.1) is 5.41 Å². The van der Waals surface area contributed by atoms with Gasteiger partial charge in [-0.25, -0.2) is 0 Å².